The highest BCUT2D eigenvalue weighted by Gasteiger charge is 2.43. The number of nitrogens with zero attached hydrogens (tertiary/aromatic N) is 4. The molecule has 1 atom stereocenters. The van der Waals surface area contributed by atoms with Gasteiger partial charge in [0.15, 0.2) is 0 Å². The number of hydrogen-bond donors (Lipinski definition) is 1. The maximum absolute atomic E-state index is 14.5. The third kappa shape index (κ3) is 6.14. The van der Waals surface area contributed by atoms with Gasteiger partial charge in [0.1, 0.15) is 5.56 Å². The topological polar surface area (TPSA) is 80.1 Å². The predicted molar refractivity (Wildman–Crippen MR) is 176 cm³/mol. The van der Waals surface area contributed by atoms with Crippen molar-refractivity contribution in [1.82, 2.24) is 18.8 Å². The van der Waals surface area contributed by atoms with E-state index in [0.717, 1.165) is 42.4 Å². The normalized spacial score (nSPS) is 18.8. The molecule has 7 nitrogen and oxygen atoms in total. The number of aromatic nitrogens is 3. The van der Waals surface area contributed by atoms with E-state index in [1.807, 2.05) is 18.2 Å². The zero-order valence-electron chi connectivity index (χ0n) is 25.8. The molecule has 5 aromatic rings. The number of rotatable bonds is 7. The summed E-state index contributed by atoms with van der Waals surface area (Å²) in [6, 6.07) is 24.6. The van der Waals surface area contributed by atoms with Crippen LogP contribution >= 0.6 is 0 Å². The van der Waals surface area contributed by atoms with E-state index < -0.39 is 21.8 Å². The Morgan fingerprint density at radius 1 is 0.872 bits per heavy atom. The molecular weight excluding hydrogens is 623 g/mol. The van der Waals surface area contributed by atoms with Gasteiger partial charge >= 0.3 is 6.18 Å². The number of benzene rings is 3. The second-order valence-corrected chi connectivity index (χ2v) is 14.5. The van der Waals surface area contributed by atoms with E-state index in [1.54, 1.807) is 42.5 Å². The van der Waals surface area contributed by atoms with Crippen LogP contribution in [0.4, 0.5) is 19.1 Å². The molecule has 1 spiro atoms. The van der Waals surface area contributed by atoms with Gasteiger partial charge in [0.2, 0.25) is 5.95 Å². The van der Waals surface area contributed by atoms with Gasteiger partial charge in [-0.2, -0.15) is 13.2 Å². The quantitative estimate of drug-likeness (QED) is 0.190. The minimum atomic E-state index is -4.76. The zero-order chi connectivity index (χ0) is 32.6. The Morgan fingerprint density at radius 3 is 2.28 bits per heavy atom. The van der Waals surface area contributed by atoms with E-state index in [9.17, 15) is 21.6 Å². The zero-order valence-corrected chi connectivity index (χ0v) is 26.6. The van der Waals surface area contributed by atoms with Crippen molar-refractivity contribution in [3.05, 3.63) is 108 Å². The minimum Gasteiger partial charge on any atom is -0.350 e. The number of anilines is 1. The van der Waals surface area contributed by atoms with Crippen molar-refractivity contribution in [2.75, 3.05) is 11.9 Å². The fourth-order valence-electron chi connectivity index (χ4n) is 7.37. The van der Waals surface area contributed by atoms with Crippen molar-refractivity contribution >= 4 is 26.9 Å². The average molecular weight is 660 g/mol. The van der Waals surface area contributed by atoms with Crippen LogP contribution < -0.4 is 5.32 Å². The number of para-hydroxylation sites is 1. The second kappa shape index (κ2) is 12.4. The number of halogens is 3. The first-order chi connectivity index (χ1) is 22.6. The van der Waals surface area contributed by atoms with Crippen LogP contribution in [-0.2, 0) is 22.7 Å². The number of alkyl halides is 3. The van der Waals surface area contributed by atoms with Crippen LogP contribution in [0.3, 0.4) is 0 Å². The maximum Gasteiger partial charge on any atom is 0.419 e. The summed E-state index contributed by atoms with van der Waals surface area (Å²) in [5.74, 6) is 0.0833. The third-order valence-electron chi connectivity index (χ3n) is 9.73. The van der Waals surface area contributed by atoms with Crippen LogP contribution in [0.25, 0.3) is 22.2 Å². The summed E-state index contributed by atoms with van der Waals surface area (Å²) in [7, 11) is -4.11. The molecule has 1 aliphatic heterocycles. The Morgan fingerprint density at radius 2 is 1.55 bits per heavy atom. The summed E-state index contributed by atoms with van der Waals surface area (Å²) >= 11 is 0. The SMILES string of the molecule is O=S(=O)(c1ccccc1)n1cc(-c2nc(N[C@H]3CCC4(CCCCC4)N(Cc4ccccc4)C3)ncc2C(F)(F)F)c2ccccc21. The molecule has 0 unspecified atom stereocenters. The lowest BCUT2D eigenvalue weighted by Crippen LogP contribution is -2.57. The van der Waals surface area contributed by atoms with Crippen LogP contribution in [0, 0.1) is 0 Å². The molecule has 1 saturated carbocycles. The molecule has 47 heavy (non-hydrogen) atoms. The van der Waals surface area contributed by atoms with Crippen LogP contribution in [0.5, 0.6) is 0 Å². The van der Waals surface area contributed by atoms with Gasteiger partial charge < -0.3 is 5.32 Å². The van der Waals surface area contributed by atoms with E-state index in [0.29, 0.717) is 11.9 Å². The Hall–Kier alpha value is -4.22. The lowest BCUT2D eigenvalue weighted by Gasteiger charge is -2.52. The molecule has 3 heterocycles. The maximum atomic E-state index is 14.5. The first-order valence-corrected chi connectivity index (χ1v) is 17.5. The van der Waals surface area contributed by atoms with Gasteiger partial charge in [-0.1, -0.05) is 86.0 Å². The Balaban J connectivity index is 1.25. The first kappa shape index (κ1) is 31.4. The molecular formula is C36H36F3N5O2S. The van der Waals surface area contributed by atoms with E-state index in [-0.39, 0.29) is 39.2 Å². The molecule has 1 aliphatic carbocycles. The molecule has 0 amide bonds. The molecule has 7 rings (SSSR count). The van der Waals surface area contributed by atoms with Crippen molar-refractivity contribution in [1.29, 1.82) is 0 Å². The minimum absolute atomic E-state index is 0.0292. The average Bonchev–Trinajstić information content (AvgIpc) is 3.48. The lowest BCUT2D eigenvalue weighted by atomic mass is 9.73. The van der Waals surface area contributed by atoms with Gasteiger partial charge in [-0.05, 0) is 49.4 Å². The largest absolute Gasteiger partial charge is 0.419 e. The number of likely N-dealkylation sites (tertiary alicyclic amines) is 1. The Kier molecular flexibility index (Phi) is 8.30. The summed E-state index contributed by atoms with van der Waals surface area (Å²) in [5, 5.41) is 3.70. The molecule has 1 saturated heterocycles. The molecule has 2 aromatic heterocycles. The number of hydrogen-bond acceptors (Lipinski definition) is 6. The predicted octanol–water partition coefficient (Wildman–Crippen LogP) is 8.13. The van der Waals surface area contributed by atoms with Crippen molar-refractivity contribution in [3.63, 3.8) is 0 Å². The number of nitrogens with one attached hydrogen (secondary N) is 1. The molecule has 244 valence electrons. The Bertz CT molecular complexity index is 1970. The van der Waals surface area contributed by atoms with Gasteiger partial charge in [0.05, 0.1) is 16.1 Å². The van der Waals surface area contributed by atoms with Crippen LogP contribution in [0.2, 0.25) is 0 Å². The van der Waals surface area contributed by atoms with Gasteiger partial charge in [-0.3, -0.25) is 4.90 Å². The molecule has 1 N–H and O–H groups in total. The fraction of sp³-hybridized carbons (Fsp3) is 0.333. The van der Waals surface area contributed by atoms with Crippen LogP contribution in [0.1, 0.15) is 56.1 Å². The van der Waals surface area contributed by atoms with E-state index >= 15 is 0 Å². The van der Waals surface area contributed by atoms with E-state index in [1.165, 1.54) is 43.2 Å². The van der Waals surface area contributed by atoms with Gasteiger partial charge in [0.25, 0.3) is 10.0 Å². The molecule has 11 heteroatoms. The number of fused-ring (bicyclic) bond motifs is 1. The smallest absolute Gasteiger partial charge is 0.350 e. The highest BCUT2D eigenvalue weighted by molar-refractivity contribution is 7.90. The monoisotopic (exact) mass is 659 g/mol. The summed E-state index contributed by atoms with van der Waals surface area (Å²) in [5.41, 5.74) is 0.271. The van der Waals surface area contributed by atoms with Crippen molar-refractivity contribution in [2.45, 2.75) is 74.1 Å². The van der Waals surface area contributed by atoms with Crippen LogP contribution in [0.15, 0.2) is 102 Å². The van der Waals surface area contributed by atoms with Gasteiger partial charge in [-0.15, -0.1) is 0 Å². The molecule has 0 bridgehead atoms. The van der Waals surface area contributed by atoms with Gasteiger partial charge in [0, 0.05) is 48.0 Å². The van der Waals surface area contributed by atoms with E-state index in [2.05, 4.69) is 32.3 Å². The molecule has 2 fully saturated rings. The lowest BCUT2D eigenvalue weighted by molar-refractivity contribution is -0.137. The van der Waals surface area contributed by atoms with Gasteiger partial charge in [-0.25, -0.2) is 22.4 Å². The second-order valence-electron chi connectivity index (χ2n) is 12.7. The summed E-state index contributed by atoms with van der Waals surface area (Å²) in [6.45, 7) is 1.51. The molecule has 3 aromatic carbocycles. The fourth-order valence-corrected chi connectivity index (χ4v) is 8.76. The Labute approximate surface area is 272 Å². The summed E-state index contributed by atoms with van der Waals surface area (Å²) in [6.07, 6.45) is 5.03. The summed E-state index contributed by atoms with van der Waals surface area (Å²) in [4.78, 5) is 11.2. The summed E-state index contributed by atoms with van der Waals surface area (Å²) < 4.78 is 71.8. The number of piperidine rings is 1. The van der Waals surface area contributed by atoms with Crippen molar-refractivity contribution in [3.8, 4) is 11.3 Å². The highest BCUT2D eigenvalue weighted by Crippen LogP contribution is 2.43. The standard InChI is InChI=1S/C36H36F3N5O2S/c37-36(38,39)31-22-40-34(41-27-18-21-35(19-10-3-11-20-35)43(24-27)23-26-12-4-1-5-13-26)42-33(31)30-25-44(32-17-9-8-16-29(30)32)47(45,46)28-14-6-2-7-15-28/h1-2,4-9,12-17,22,25,27H,3,10-11,18-21,23-24H2,(H,40,41,42)/t27-/m0/s1. The van der Waals surface area contributed by atoms with Crippen LogP contribution in [-0.4, -0.2) is 45.4 Å². The van der Waals surface area contributed by atoms with Crippen molar-refractivity contribution < 1.29 is 21.6 Å². The van der Waals surface area contributed by atoms with Crippen molar-refractivity contribution in [2.24, 2.45) is 0 Å². The van der Waals surface area contributed by atoms with E-state index in [4.69, 9.17) is 0 Å². The highest BCUT2D eigenvalue weighted by atomic mass is 32.2. The molecule has 2 aliphatic rings. The first-order valence-electron chi connectivity index (χ1n) is 16.0. The third-order valence-corrected chi connectivity index (χ3v) is 11.4. The molecule has 0 radical (unpaired) electrons.